The van der Waals surface area contributed by atoms with Crippen LogP contribution in [0.2, 0.25) is 0 Å². The molecule has 0 aliphatic carbocycles. The van der Waals surface area contributed by atoms with Gasteiger partial charge in [-0.1, -0.05) is 6.08 Å². The quantitative estimate of drug-likeness (QED) is 0.645. The fraction of sp³-hybridized carbons (Fsp3) is 0.538. The summed E-state index contributed by atoms with van der Waals surface area (Å²) in [5.41, 5.74) is 0. The van der Waals surface area contributed by atoms with Crippen LogP contribution >= 0.6 is 0 Å². The summed E-state index contributed by atoms with van der Waals surface area (Å²) in [4.78, 5) is 10.7. The van der Waals surface area contributed by atoms with Gasteiger partial charge >= 0.3 is 0 Å². The van der Waals surface area contributed by atoms with Gasteiger partial charge in [0, 0.05) is 44.8 Å². The minimum Gasteiger partial charge on any atom is -0.368 e. The Morgan fingerprint density at radius 3 is 3.00 bits per heavy atom. The largest absolute Gasteiger partial charge is 0.368 e. The van der Waals surface area contributed by atoms with Crippen molar-refractivity contribution >= 4 is 11.6 Å². The molecule has 0 bridgehead atoms. The number of likely N-dealkylation sites (N-methyl/N-ethyl adjacent to an activating group) is 1. The van der Waals surface area contributed by atoms with Crippen molar-refractivity contribution in [3.63, 3.8) is 0 Å². The summed E-state index contributed by atoms with van der Waals surface area (Å²) in [6.07, 6.45) is 3.37. The minimum atomic E-state index is 0.457. The second-order valence-corrected chi connectivity index (χ2v) is 4.75. The van der Waals surface area contributed by atoms with Gasteiger partial charge in [0.05, 0.1) is 0 Å². The zero-order valence-electron chi connectivity index (χ0n) is 11.4. The Bertz CT molecular complexity index is 408. The normalized spacial score (nSPS) is 19.9. The van der Waals surface area contributed by atoms with Crippen molar-refractivity contribution in [2.24, 2.45) is 0 Å². The second kappa shape index (κ2) is 7.06. The van der Waals surface area contributed by atoms with Gasteiger partial charge in [-0.15, -0.1) is 6.58 Å². The van der Waals surface area contributed by atoms with E-state index in [0.717, 1.165) is 37.8 Å². The van der Waals surface area contributed by atoms with Crippen LogP contribution in [0.3, 0.4) is 0 Å². The van der Waals surface area contributed by atoms with E-state index in [0.29, 0.717) is 12.6 Å². The molecule has 104 valence electrons. The molecule has 6 nitrogen and oxygen atoms in total. The van der Waals surface area contributed by atoms with Gasteiger partial charge in [0.1, 0.15) is 18.0 Å². The monoisotopic (exact) mass is 262 g/mol. The fourth-order valence-electron chi connectivity index (χ4n) is 2.08. The maximum atomic E-state index is 4.22. The van der Waals surface area contributed by atoms with Crippen LogP contribution in [0.5, 0.6) is 0 Å². The maximum Gasteiger partial charge on any atom is 0.131 e. The maximum absolute atomic E-state index is 4.22. The molecule has 1 unspecified atom stereocenters. The van der Waals surface area contributed by atoms with E-state index in [1.165, 1.54) is 0 Å². The fourth-order valence-corrected chi connectivity index (χ4v) is 2.08. The smallest absolute Gasteiger partial charge is 0.131 e. The first kappa shape index (κ1) is 13.8. The molecule has 1 atom stereocenters. The molecule has 0 saturated carbocycles. The van der Waals surface area contributed by atoms with Crippen LogP contribution in [0, 0.1) is 0 Å². The molecule has 0 spiro atoms. The third kappa shape index (κ3) is 4.50. The average Bonchev–Trinajstić information content (AvgIpc) is 2.43. The highest BCUT2D eigenvalue weighted by Gasteiger charge is 2.15. The third-order valence-electron chi connectivity index (χ3n) is 3.08. The summed E-state index contributed by atoms with van der Waals surface area (Å²) in [6, 6.07) is 2.37. The van der Waals surface area contributed by atoms with E-state index in [2.05, 4.69) is 44.4 Å². The molecule has 6 heteroatoms. The van der Waals surface area contributed by atoms with Crippen molar-refractivity contribution < 1.29 is 0 Å². The number of nitrogens with zero attached hydrogens (tertiary/aromatic N) is 3. The number of rotatable bonds is 6. The summed E-state index contributed by atoms with van der Waals surface area (Å²) < 4.78 is 0. The molecule has 1 fully saturated rings. The number of hydrogen-bond donors (Lipinski definition) is 3. The average molecular weight is 262 g/mol. The van der Waals surface area contributed by atoms with Crippen molar-refractivity contribution in [2.45, 2.75) is 6.04 Å². The molecule has 2 heterocycles. The van der Waals surface area contributed by atoms with E-state index in [4.69, 9.17) is 0 Å². The van der Waals surface area contributed by atoms with Gasteiger partial charge in [0.25, 0.3) is 0 Å². The van der Waals surface area contributed by atoms with Crippen molar-refractivity contribution in [2.75, 3.05) is 50.4 Å². The van der Waals surface area contributed by atoms with Crippen LogP contribution in [-0.4, -0.2) is 60.7 Å². The standard InChI is InChI=1S/C13H22N6/c1-3-4-15-12-7-13(18-10-17-12)16-8-11-9-19(2)6-5-14-11/h3,7,10-11,14H,1,4-6,8-9H2,2H3,(H2,15,16,17,18). The third-order valence-corrected chi connectivity index (χ3v) is 3.08. The predicted molar refractivity (Wildman–Crippen MR) is 78.5 cm³/mol. The Hall–Kier alpha value is -1.66. The summed E-state index contributed by atoms with van der Waals surface area (Å²) in [5, 5.41) is 9.98. The molecule has 0 amide bonds. The zero-order chi connectivity index (χ0) is 13.5. The molecule has 0 radical (unpaired) electrons. The zero-order valence-corrected chi connectivity index (χ0v) is 11.4. The molecule has 1 saturated heterocycles. The van der Waals surface area contributed by atoms with Crippen LogP contribution in [0.15, 0.2) is 25.0 Å². The minimum absolute atomic E-state index is 0.457. The molecule has 3 N–H and O–H groups in total. The van der Waals surface area contributed by atoms with Crippen LogP contribution in [0.4, 0.5) is 11.6 Å². The molecule has 1 aliphatic rings. The molecule has 0 aromatic carbocycles. The lowest BCUT2D eigenvalue weighted by Gasteiger charge is -2.31. The SMILES string of the molecule is C=CCNc1cc(NCC2CN(C)CCN2)ncn1. The molecule has 1 aromatic heterocycles. The Morgan fingerprint density at radius 2 is 2.26 bits per heavy atom. The van der Waals surface area contributed by atoms with Crippen LogP contribution in [0.1, 0.15) is 0 Å². The van der Waals surface area contributed by atoms with Gasteiger partial charge < -0.3 is 20.9 Å². The molecule has 1 aliphatic heterocycles. The second-order valence-electron chi connectivity index (χ2n) is 4.75. The summed E-state index contributed by atoms with van der Waals surface area (Å²) in [7, 11) is 2.15. The Kier molecular flexibility index (Phi) is 5.11. The van der Waals surface area contributed by atoms with Crippen molar-refractivity contribution in [1.29, 1.82) is 0 Å². The highest BCUT2D eigenvalue weighted by atomic mass is 15.2. The summed E-state index contributed by atoms with van der Waals surface area (Å²) in [6.45, 7) is 8.44. The topological polar surface area (TPSA) is 65.1 Å². The van der Waals surface area contributed by atoms with Gasteiger partial charge in [-0.25, -0.2) is 9.97 Å². The number of anilines is 2. The van der Waals surface area contributed by atoms with Gasteiger partial charge in [0.15, 0.2) is 0 Å². The summed E-state index contributed by atoms with van der Waals surface area (Å²) >= 11 is 0. The van der Waals surface area contributed by atoms with E-state index in [1.54, 1.807) is 12.4 Å². The first-order chi connectivity index (χ1) is 9.28. The number of aromatic nitrogens is 2. The van der Waals surface area contributed by atoms with Gasteiger partial charge in [-0.3, -0.25) is 0 Å². The number of nitrogens with one attached hydrogen (secondary N) is 3. The van der Waals surface area contributed by atoms with Crippen molar-refractivity contribution in [3.05, 3.63) is 25.0 Å². The van der Waals surface area contributed by atoms with E-state index in [1.807, 2.05) is 6.07 Å². The Labute approximate surface area is 114 Å². The van der Waals surface area contributed by atoms with Crippen LogP contribution in [0.25, 0.3) is 0 Å². The van der Waals surface area contributed by atoms with Crippen molar-refractivity contribution in [3.8, 4) is 0 Å². The van der Waals surface area contributed by atoms with E-state index >= 15 is 0 Å². The molecular formula is C13H22N6. The van der Waals surface area contributed by atoms with Gasteiger partial charge in [-0.2, -0.15) is 0 Å². The Balaban J connectivity index is 1.83. The number of hydrogen-bond acceptors (Lipinski definition) is 6. The molecule has 1 aromatic rings. The van der Waals surface area contributed by atoms with E-state index in [9.17, 15) is 0 Å². The molecule has 2 rings (SSSR count). The van der Waals surface area contributed by atoms with Crippen LogP contribution in [-0.2, 0) is 0 Å². The number of piperazine rings is 1. The van der Waals surface area contributed by atoms with Crippen molar-refractivity contribution in [1.82, 2.24) is 20.2 Å². The highest BCUT2D eigenvalue weighted by molar-refractivity contribution is 5.46. The van der Waals surface area contributed by atoms with Gasteiger partial charge in [0.2, 0.25) is 0 Å². The lowest BCUT2D eigenvalue weighted by molar-refractivity contribution is 0.244. The first-order valence-electron chi connectivity index (χ1n) is 6.60. The highest BCUT2D eigenvalue weighted by Crippen LogP contribution is 2.08. The Morgan fingerprint density at radius 1 is 1.47 bits per heavy atom. The lowest BCUT2D eigenvalue weighted by Crippen LogP contribution is -2.51. The van der Waals surface area contributed by atoms with E-state index in [-0.39, 0.29) is 0 Å². The molecule has 19 heavy (non-hydrogen) atoms. The predicted octanol–water partition coefficient (Wildman–Crippen LogP) is 0.390. The summed E-state index contributed by atoms with van der Waals surface area (Å²) in [5.74, 6) is 1.66. The lowest BCUT2D eigenvalue weighted by atomic mass is 10.2. The first-order valence-corrected chi connectivity index (χ1v) is 6.60. The molecular weight excluding hydrogens is 240 g/mol. The van der Waals surface area contributed by atoms with Gasteiger partial charge in [-0.05, 0) is 7.05 Å². The van der Waals surface area contributed by atoms with Crippen LogP contribution < -0.4 is 16.0 Å². The van der Waals surface area contributed by atoms with E-state index < -0.39 is 0 Å².